The van der Waals surface area contributed by atoms with E-state index in [9.17, 15) is 13.2 Å². The molecule has 0 atom stereocenters. The molecule has 8 heteroatoms. The molecule has 3 rings (SSSR count). The van der Waals surface area contributed by atoms with Crippen molar-refractivity contribution in [3.8, 4) is 0 Å². The van der Waals surface area contributed by atoms with Crippen molar-refractivity contribution in [2.24, 2.45) is 0 Å². The van der Waals surface area contributed by atoms with Crippen LogP contribution >= 0.6 is 15.9 Å². The van der Waals surface area contributed by atoms with Crippen LogP contribution in [0.2, 0.25) is 0 Å². The van der Waals surface area contributed by atoms with E-state index in [0.29, 0.717) is 17.7 Å². The van der Waals surface area contributed by atoms with Crippen LogP contribution in [0.4, 0.5) is 0 Å². The first kappa shape index (κ1) is 21.0. The molecule has 0 N–H and O–H groups in total. The van der Waals surface area contributed by atoms with Gasteiger partial charge in [0.15, 0.2) is 0 Å². The van der Waals surface area contributed by atoms with E-state index < -0.39 is 16.0 Å². The summed E-state index contributed by atoms with van der Waals surface area (Å²) in [5, 5.41) is 0. The Balaban J connectivity index is 1.79. The van der Waals surface area contributed by atoms with Gasteiger partial charge in [0, 0.05) is 17.6 Å². The molecule has 0 radical (unpaired) electrons. The van der Waals surface area contributed by atoms with Gasteiger partial charge in [0.25, 0.3) is 0 Å². The van der Waals surface area contributed by atoms with Crippen molar-refractivity contribution in [3.05, 3.63) is 63.1 Å². The lowest BCUT2D eigenvalue weighted by Gasteiger charge is -2.26. The Morgan fingerprint density at radius 2 is 1.75 bits per heavy atom. The Hall–Kier alpha value is -1.74. The Labute approximate surface area is 173 Å². The maximum absolute atomic E-state index is 12.9. The van der Waals surface area contributed by atoms with Crippen LogP contribution in [0.3, 0.4) is 0 Å². The number of benzene rings is 2. The number of hydrogen-bond donors (Lipinski definition) is 0. The van der Waals surface area contributed by atoms with E-state index in [1.807, 2.05) is 32.0 Å². The SMILES string of the molecule is Cc1cc(C)cc(COC(=O)c2ccc(Br)c(S(=O)(=O)N3CCOCC3)c2)c1. The minimum atomic E-state index is -3.73. The zero-order valence-electron chi connectivity index (χ0n) is 15.8. The minimum Gasteiger partial charge on any atom is -0.457 e. The molecule has 2 aromatic rings. The second-order valence-corrected chi connectivity index (χ2v) is 9.49. The van der Waals surface area contributed by atoms with Crippen molar-refractivity contribution in [1.82, 2.24) is 4.31 Å². The summed E-state index contributed by atoms with van der Waals surface area (Å²) in [6, 6.07) is 10.4. The van der Waals surface area contributed by atoms with Crippen molar-refractivity contribution >= 4 is 31.9 Å². The summed E-state index contributed by atoms with van der Waals surface area (Å²) >= 11 is 3.28. The minimum absolute atomic E-state index is 0.0512. The van der Waals surface area contributed by atoms with Gasteiger partial charge in [-0.15, -0.1) is 0 Å². The van der Waals surface area contributed by atoms with Crippen LogP contribution in [0.25, 0.3) is 0 Å². The molecule has 0 saturated carbocycles. The van der Waals surface area contributed by atoms with E-state index in [2.05, 4.69) is 15.9 Å². The van der Waals surface area contributed by atoms with Crippen LogP contribution in [0.15, 0.2) is 45.8 Å². The molecule has 0 spiro atoms. The summed E-state index contributed by atoms with van der Waals surface area (Å²) in [5.41, 5.74) is 3.27. The number of carbonyl (C=O) groups is 1. The second-order valence-electron chi connectivity index (χ2n) is 6.73. The van der Waals surface area contributed by atoms with E-state index in [-0.39, 0.29) is 30.2 Å². The molecule has 1 heterocycles. The number of hydrogen-bond acceptors (Lipinski definition) is 5. The molecule has 0 aromatic heterocycles. The third-order valence-corrected chi connectivity index (χ3v) is 7.30. The van der Waals surface area contributed by atoms with Crippen molar-refractivity contribution in [1.29, 1.82) is 0 Å². The van der Waals surface area contributed by atoms with Gasteiger partial charge in [-0.25, -0.2) is 13.2 Å². The third-order valence-electron chi connectivity index (χ3n) is 4.41. The number of aryl methyl sites for hydroxylation is 2. The fraction of sp³-hybridized carbons (Fsp3) is 0.350. The lowest BCUT2D eigenvalue weighted by atomic mass is 10.1. The molecule has 0 amide bonds. The molecular weight excluding hydrogens is 446 g/mol. The predicted molar refractivity (Wildman–Crippen MR) is 109 cm³/mol. The number of ether oxygens (including phenoxy) is 2. The Morgan fingerprint density at radius 1 is 1.11 bits per heavy atom. The Morgan fingerprint density at radius 3 is 2.39 bits per heavy atom. The average molecular weight is 468 g/mol. The van der Waals surface area contributed by atoms with Crippen LogP contribution in [-0.2, 0) is 26.1 Å². The fourth-order valence-electron chi connectivity index (χ4n) is 3.14. The van der Waals surface area contributed by atoms with E-state index in [4.69, 9.17) is 9.47 Å². The number of sulfonamides is 1. The standard InChI is InChI=1S/C20H22BrNO5S/c1-14-9-15(2)11-16(10-14)13-27-20(23)17-3-4-18(21)19(12-17)28(24,25)22-5-7-26-8-6-22/h3-4,9-12H,5-8,13H2,1-2H3. The molecule has 0 aliphatic carbocycles. The number of esters is 1. The molecule has 2 aromatic carbocycles. The highest BCUT2D eigenvalue weighted by Gasteiger charge is 2.29. The van der Waals surface area contributed by atoms with Gasteiger partial charge in [-0.05, 0) is 53.5 Å². The average Bonchev–Trinajstić information content (AvgIpc) is 2.66. The molecule has 1 aliphatic rings. The first-order valence-electron chi connectivity index (χ1n) is 8.89. The number of nitrogens with zero attached hydrogens (tertiary/aromatic N) is 1. The molecule has 0 unspecified atom stereocenters. The second kappa shape index (κ2) is 8.73. The van der Waals surface area contributed by atoms with Crippen molar-refractivity contribution in [3.63, 3.8) is 0 Å². The molecule has 1 fully saturated rings. The zero-order chi connectivity index (χ0) is 20.3. The van der Waals surface area contributed by atoms with E-state index in [1.165, 1.54) is 10.4 Å². The quantitative estimate of drug-likeness (QED) is 0.629. The summed E-state index contributed by atoms with van der Waals surface area (Å²) in [5.74, 6) is -0.565. The molecule has 1 aliphatic heterocycles. The van der Waals surface area contributed by atoms with Gasteiger partial charge in [-0.3, -0.25) is 0 Å². The number of carbonyl (C=O) groups excluding carboxylic acids is 1. The molecule has 28 heavy (non-hydrogen) atoms. The number of rotatable bonds is 5. The first-order chi connectivity index (χ1) is 13.3. The highest BCUT2D eigenvalue weighted by Crippen LogP contribution is 2.27. The van der Waals surface area contributed by atoms with Crippen LogP contribution in [-0.4, -0.2) is 45.0 Å². The lowest BCUT2D eigenvalue weighted by molar-refractivity contribution is 0.0472. The van der Waals surface area contributed by atoms with Gasteiger partial charge in [0.05, 0.1) is 23.7 Å². The van der Waals surface area contributed by atoms with Gasteiger partial charge in [0.1, 0.15) is 6.61 Å². The largest absolute Gasteiger partial charge is 0.457 e. The van der Waals surface area contributed by atoms with Gasteiger partial charge in [-0.2, -0.15) is 4.31 Å². The summed E-state index contributed by atoms with van der Waals surface area (Å²) in [4.78, 5) is 12.5. The molecule has 150 valence electrons. The predicted octanol–water partition coefficient (Wildman–Crippen LogP) is 3.44. The molecular formula is C20H22BrNO5S. The first-order valence-corrected chi connectivity index (χ1v) is 11.1. The topological polar surface area (TPSA) is 72.9 Å². The molecule has 6 nitrogen and oxygen atoms in total. The van der Waals surface area contributed by atoms with E-state index >= 15 is 0 Å². The molecule has 1 saturated heterocycles. The highest BCUT2D eigenvalue weighted by atomic mass is 79.9. The van der Waals surface area contributed by atoms with Crippen LogP contribution in [0.5, 0.6) is 0 Å². The normalized spacial score (nSPS) is 15.4. The summed E-state index contributed by atoms with van der Waals surface area (Å²) in [6.45, 7) is 5.38. The van der Waals surface area contributed by atoms with Gasteiger partial charge in [0.2, 0.25) is 10.0 Å². The highest BCUT2D eigenvalue weighted by molar-refractivity contribution is 9.10. The van der Waals surface area contributed by atoms with E-state index in [1.54, 1.807) is 12.1 Å². The van der Waals surface area contributed by atoms with Crippen LogP contribution in [0.1, 0.15) is 27.0 Å². The van der Waals surface area contributed by atoms with Crippen LogP contribution in [0, 0.1) is 13.8 Å². The number of halogens is 1. The smallest absolute Gasteiger partial charge is 0.338 e. The monoisotopic (exact) mass is 467 g/mol. The van der Waals surface area contributed by atoms with E-state index in [0.717, 1.165) is 16.7 Å². The maximum Gasteiger partial charge on any atom is 0.338 e. The van der Waals surface area contributed by atoms with Crippen molar-refractivity contribution in [2.45, 2.75) is 25.3 Å². The van der Waals surface area contributed by atoms with Crippen molar-refractivity contribution < 1.29 is 22.7 Å². The summed E-state index contributed by atoms with van der Waals surface area (Å²) in [7, 11) is -3.73. The van der Waals surface area contributed by atoms with Gasteiger partial charge in [-0.1, -0.05) is 29.3 Å². The third kappa shape index (κ3) is 4.81. The lowest BCUT2D eigenvalue weighted by Crippen LogP contribution is -2.40. The zero-order valence-corrected chi connectivity index (χ0v) is 18.2. The van der Waals surface area contributed by atoms with Crippen LogP contribution < -0.4 is 0 Å². The fourth-order valence-corrected chi connectivity index (χ4v) is 5.50. The molecule has 0 bridgehead atoms. The summed E-state index contributed by atoms with van der Waals surface area (Å²) in [6.07, 6.45) is 0. The van der Waals surface area contributed by atoms with Gasteiger partial charge < -0.3 is 9.47 Å². The number of morpholine rings is 1. The Kier molecular flexibility index (Phi) is 6.54. The van der Waals surface area contributed by atoms with Gasteiger partial charge >= 0.3 is 5.97 Å². The Bertz CT molecular complexity index is 964. The van der Waals surface area contributed by atoms with Crippen molar-refractivity contribution in [2.75, 3.05) is 26.3 Å². The summed E-state index contributed by atoms with van der Waals surface area (Å²) < 4.78 is 38.2. The maximum atomic E-state index is 12.9.